The molecule has 0 aliphatic heterocycles. The molecule has 0 spiro atoms. The summed E-state index contributed by atoms with van der Waals surface area (Å²) in [5.41, 5.74) is 0.0818. The number of rotatable bonds is 8. The molecule has 0 heterocycles. The number of nitrogens with zero attached hydrogens (tertiary/aromatic N) is 1. The van der Waals surface area contributed by atoms with Gasteiger partial charge in [-0.15, -0.1) is 0 Å². The molecular formula is C29H39N3O5. The molecule has 1 aliphatic rings. The Morgan fingerprint density at radius 1 is 1.00 bits per heavy atom. The van der Waals surface area contributed by atoms with Gasteiger partial charge in [0.25, 0.3) is 0 Å². The zero-order valence-corrected chi connectivity index (χ0v) is 22.6. The van der Waals surface area contributed by atoms with Crippen molar-refractivity contribution in [2.24, 2.45) is 0 Å². The van der Waals surface area contributed by atoms with E-state index in [1.165, 1.54) is 12.1 Å². The van der Waals surface area contributed by atoms with Gasteiger partial charge >= 0.3 is 6.09 Å². The van der Waals surface area contributed by atoms with Crippen LogP contribution in [0.1, 0.15) is 71.6 Å². The molecule has 0 radical (unpaired) electrons. The Hall–Kier alpha value is -3.55. The number of amides is 3. The first-order valence-electron chi connectivity index (χ1n) is 12.7. The molecule has 200 valence electrons. The van der Waals surface area contributed by atoms with Crippen molar-refractivity contribution in [2.45, 2.75) is 90.1 Å². The lowest BCUT2D eigenvalue weighted by molar-refractivity contribution is -0.143. The van der Waals surface area contributed by atoms with Crippen LogP contribution in [0.4, 0.5) is 4.79 Å². The fourth-order valence-electron chi connectivity index (χ4n) is 4.12. The Balaban J connectivity index is 2.01. The number of carbonyl (C=O) groups excluding carboxylic acids is 3. The van der Waals surface area contributed by atoms with Gasteiger partial charge in [0.1, 0.15) is 23.4 Å². The van der Waals surface area contributed by atoms with Crippen molar-refractivity contribution in [3.63, 3.8) is 0 Å². The van der Waals surface area contributed by atoms with E-state index < -0.39 is 29.3 Å². The van der Waals surface area contributed by atoms with Crippen LogP contribution in [0.5, 0.6) is 5.75 Å². The van der Waals surface area contributed by atoms with Crippen LogP contribution in [-0.2, 0) is 20.7 Å². The predicted octanol–water partition coefficient (Wildman–Crippen LogP) is 4.48. The minimum Gasteiger partial charge on any atom is -0.508 e. The average Bonchev–Trinajstić information content (AvgIpc) is 3.59. The normalized spacial score (nSPS) is 15.3. The summed E-state index contributed by atoms with van der Waals surface area (Å²) in [5.74, 6) is -0.731. The van der Waals surface area contributed by atoms with Gasteiger partial charge in [-0.05, 0) is 77.6 Å². The predicted molar refractivity (Wildman–Crippen MR) is 142 cm³/mol. The summed E-state index contributed by atoms with van der Waals surface area (Å²) in [6.07, 6.45) is 1.02. The number of alkyl carbamates (subject to hydrolysis) is 1. The summed E-state index contributed by atoms with van der Waals surface area (Å²) in [6.45, 7) is 10.9. The van der Waals surface area contributed by atoms with Crippen molar-refractivity contribution >= 4 is 17.9 Å². The molecule has 3 amide bonds. The summed E-state index contributed by atoms with van der Waals surface area (Å²) in [4.78, 5) is 42.2. The Kier molecular flexibility index (Phi) is 8.51. The van der Waals surface area contributed by atoms with Crippen LogP contribution >= 0.6 is 0 Å². The molecule has 3 N–H and O–H groups in total. The van der Waals surface area contributed by atoms with Crippen LogP contribution in [-0.4, -0.2) is 51.1 Å². The molecule has 0 aromatic heterocycles. The first kappa shape index (κ1) is 28.0. The Morgan fingerprint density at radius 3 is 2.19 bits per heavy atom. The Bertz CT molecular complexity index is 1100. The number of hydrogen-bond acceptors (Lipinski definition) is 5. The molecule has 1 saturated carbocycles. The van der Waals surface area contributed by atoms with E-state index in [4.69, 9.17) is 4.74 Å². The lowest BCUT2D eigenvalue weighted by atomic mass is 9.98. The molecule has 2 atom stereocenters. The topological polar surface area (TPSA) is 108 Å². The van der Waals surface area contributed by atoms with E-state index >= 15 is 0 Å². The lowest BCUT2D eigenvalue weighted by Crippen LogP contribution is -2.55. The Morgan fingerprint density at radius 2 is 1.65 bits per heavy atom. The third kappa shape index (κ3) is 8.51. The largest absolute Gasteiger partial charge is 0.508 e. The van der Waals surface area contributed by atoms with E-state index in [1.807, 2.05) is 51.1 Å². The second kappa shape index (κ2) is 11.2. The van der Waals surface area contributed by atoms with E-state index in [-0.39, 0.29) is 30.0 Å². The molecule has 2 unspecified atom stereocenters. The highest BCUT2D eigenvalue weighted by Gasteiger charge is 2.44. The minimum absolute atomic E-state index is 0.00182. The fraction of sp³-hybridized carbons (Fsp3) is 0.483. The van der Waals surface area contributed by atoms with E-state index in [9.17, 15) is 19.5 Å². The molecule has 2 aromatic rings. The fourth-order valence-corrected chi connectivity index (χ4v) is 4.12. The summed E-state index contributed by atoms with van der Waals surface area (Å²) in [7, 11) is 0. The zero-order valence-electron chi connectivity index (χ0n) is 22.6. The van der Waals surface area contributed by atoms with Crippen molar-refractivity contribution in [1.29, 1.82) is 0 Å². The van der Waals surface area contributed by atoms with Gasteiger partial charge in [0, 0.05) is 18.0 Å². The monoisotopic (exact) mass is 509 g/mol. The molecule has 8 nitrogen and oxygen atoms in total. The van der Waals surface area contributed by atoms with Crippen molar-refractivity contribution in [3.8, 4) is 5.75 Å². The molecule has 37 heavy (non-hydrogen) atoms. The number of phenolic OH excluding ortho intramolecular Hbond substituents is 1. The van der Waals surface area contributed by atoms with Gasteiger partial charge in [-0.25, -0.2) is 4.79 Å². The van der Waals surface area contributed by atoms with Crippen LogP contribution in [0, 0.1) is 0 Å². The maximum absolute atomic E-state index is 14.2. The van der Waals surface area contributed by atoms with E-state index in [2.05, 4.69) is 10.6 Å². The molecule has 2 aromatic carbocycles. The van der Waals surface area contributed by atoms with Gasteiger partial charge in [-0.2, -0.15) is 0 Å². The molecule has 0 saturated heterocycles. The zero-order chi connectivity index (χ0) is 27.4. The molecule has 0 bridgehead atoms. The van der Waals surface area contributed by atoms with Crippen molar-refractivity contribution in [2.75, 3.05) is 0 Å². The van der Waals surface area contributed by atoms with Crippen molar-refractivity contribution in [1.82, 2.24) is 15.5 Å². The number of carbonyl (C=O) groups is 3. The summed E-state index contributed by atoms with van der Waals surface area (Å²) >= 11 is 0. The van der Waals surface area contributed by atoms with Crippen molar-refractivity contribution < 1.29 is 24.2 Å². The van der Waals surface area contributed by atoms with Crippen molar-refractivity contribution in [3.05, 3.63) is 65.7 Å². The standard InChI is InChI=1S/C29H39N3O5/c1-28(2,3)31-25(34)24(20-13-10-14-22(33)18-20)32(21-15-16-21)26(35)23(17-19-11-8-7-9-12-19)30-27(36)37-29(4,5)6/h7-14,18,21,23-24,33H,15-17H2,1-6H3,(H,30,36)(H,31,34). The maximum atomic E-state index is 14.2. The second-order valence-corrected chi connectivity index (χ2v) is 11.6. The van der Waals surface area contributed by atoms with Gasteiger partial charge in [0.2, 0.25) is 11.8 Å². The van der Waals surface area contributed by atoms with Gasteiger partial charge in [0.15, 0.2) is 0 Å². The number of benzene rings is 2. The minimum atomic E-state index is -0.981. The molecule has 1 fully saturated rings. The van der Waals surface area contributed by atoms with Crippen LogP contribution < -0.4 is 10.6 Å². The summed E-state index contributed by atoms with van der Waals surface area (Å²) in [5, 5.41) is 15.9. The van der Waals surface area contributed by atoms with Crippen LogP contribution in [0.2, 0.25) is 0 Å². The maximum Gasteiger partial charge on any atom is 0.408 e. The highest BCUT2D eigenvalue weighted by atomic mass is 16.6. The molecular weight excluding hydrogens is 470 g/mol. The SMILES string of the molecule is CC(C)(C)NC(=O)C(c1cccc(O)c1)N(C(=O)C(Cc1ccccc1)NC(=O)OC(C)(C)C)C1CC1. The third-order valence-electron chi connectivity index (χ3n) is 5.68. The van der Waals surface area contributed by atoms with E-state index in [0.717, 1.165) is 18.4 Å². The Labute approximate surface area is 219 Å². The van der Waals surface area contributed by atoms with Gasteiger partial charge in [0.05, 0.1) is 0 Å². The average molecular weight is 510 g/mol. The van der Waals surface area contributed by atoms with Crippen LogP contribution in [0.15, 0.2) is 54.6 Å². The number of ether oxygens (including phenoxy) is 1. The lowest BCUT2D eigenvalue weighted by Gasteiger charge is -2.36. The molecule has 8 heteroatoms. The number of phenols is 1. The van der Waals surface area contributed by atoms with Gasteiger partial charge < -0.3 is 25.4 Å². The molecule has 1 aliphatic carbocycles. The van der Waals surface area contributed by atoms with E-state index in [1.54, 1.807) is 37.8 Å². The second-order valence-electron chi connectivity index (χ2n) is 11.6. The number of aromatic hydroxyl groups is 1. The molecule has 3 rings (SSSR count). The third-order valence-corrected chi connectivity index (χ3v) is 5.68. The first-order valence-corrected chi connectivity index (χ1v) is 12.7. The van der Waals surface area contributed by atoms with Crippen LogP contribution in [0.25, 0.3) is 0 Å². The van der Waals surface area contributed by atoms with Gasteiger partial charge in [-0.1, -0.05) is 42.5 Å². The summed E-state index contributed by atoms with van der Waals surface area (Å²) < 4.78 is 5.45. The van der Waals surface area contributed by atoms with E-state index in [0.29, 0.717) is 5.56 Å². The smallest absolute Gasteiger partial charge is 0.408 e. The van der Waals surface area contributed by atoms with Crippen LogP contribution in [0.3, 0.4) is 0 Å². The number of nitrogens with one attached hydrogen (secondary N) is 2. The number of hydrogen-bond donors (Lipinski definition) is 3. The first-order chi connectivity index (χ1) is 17.2. The highest BCUT2D eigenvalue weighted by molar-refractivity contribution is 5.93. The quantitative estimate of drug-likeness (QED) is 0.487. The highest BCUT2D eigenvalue weighted by Crippen LogP contribution is 2.36. The van der Waals surface area contributed by atoms with Gasteiger partial charge in [-0.3, -0.25) is 9.59 Å². The summed E-state index contributed by atoms with van der Waals surface area (Å²) in [6, 6.07) is 13.7.